The van der Waals surface area contributed by atoms with Crippen molar-refractivity contribution in [1.29, 1.82) is 0 Å². The molecule has 2 atom stereocenters. The van der Waals surface area contributed by atoms with Gasteiger partial charge in [0, 0.05) is 11.8 Å². The number of carbonyl (C=O) groups is 2. The molecule has 0 aliphatic heterocycles. The summed E-state index contributed by atoms with van der Waals surface area (Å²) in [5.74, 6) is 0.227. The van der Waals surface area contributed by atoms with Crippen molar-refractivity contribution in [2.24, 2.45) is 0 Å². The van der Waals surface area contributed by atoms with E-state index in [4.69, 9.17) is 24.5 Å². The topological polar surface area (TPSA) is 126 Å². The molecule has 9 heteroatoms. The average molecular weight is 493 g/mol. The fraction of sp³-hybridized carbons (Fsp3) is 0.185. The number of para-hydroxylation sites is 1. The number of hydrogen-bond donors (Lipinski definition) is 4. The highest BCUT2D eigenvalue weighted by Crippen LogP contribution is 2.29. The van der Waals surface area contributed by atoms with Crippen LogP contribution in [0.4, 0.5) is 10.5 Å². The van der Waals surface area contributed by atoms with Crippen molar-refractivity contribution >= 4 is 17.7 Å². The lowest BCUT2D eigenvalue weighted by molar-refractivity contribution is -0.124. The quantitative estimate of drug-likeness (QED) is 0.180. The van der Waals surface area contributed by atoms with Gasteiger partial charge in [0.25, 0.3) is 5.91 Å². The summed E-state index contributed by atoms with van der Waals surface area (Å²) in [7, 11) is 0. The number of aliphatic hydroxyl groups excluding tert-OH is 1. The molecule has 4 N–H and O–H groups in total. The lowest BCUT2D eigenvalue weighted by Gasteiger charge is -2.26. The normalized spacial score (nSPS) is 12.4. The first kappa shape index (κ1) is 26.3. The second-order valence-electron chi connectivity index (χ2n) is 7.69. The molecule has 36 heavy (non-hydrogen) atoms. The number of ether oxygens (including phenoxy) is 3. The molecule has 3 aromatic rings. The third-order valence-electron chi connectivity index (χ3n) is 4.96. The van der Waals surface area contributed by atoms with E-state index in [9.17, 15) is 9.59 Å². The van der Waals surface area contributed by atoms with Crippen LogP contribution in [0.25, 0.3) is 0 Å². The number of anilines is 1. The van der Waals surface area contributed by atoms with Gasteiger partial charge in [-0.25, -0.2) is 10.3 Å². The first-order valence-corrected chi connectivity index (χ1v) is 11.2. The number of nitrogens with one attached hydrogen (secondary N) is 2. The summed E-state index contributed by atoms with van der Waals surface area (Å²) in [5, 5.41) is 20.6. The van der Waals surface area contributed by atoms with E-state index in [0.717, 1.165) is 11.6 Å². The monoisotopic (exact) mass is 492 g/mol. The second kappa shape index (κ2) is 13.5. The van der Waals surface area contributed by atoms with Crippen molar-refractivity contribution in [2.45, 2.75) is 19.1 Å². The van der Waals surface area contributed by atoms with E-state index in [2.05, 4.69) is 5.32 Å². The highest BCUT2D eigenvalue weighted by molar-refractivity contribution is 5.86. The third-order valence-corrected chi connectivity index (χ3v) is 4.96. The molecular formula is C27H28N2O7. The summed E-state index contributed by atoms with van der Waals surface area (Å²) in [6.45, 7) is 1.95. The van der Waals surface area contributed by atoms with E-state index in [1.54, 1.807) is 60.7 Å². The SMILES string of the molecule is Cc1ccc(NC(=O)O[C@@H](c2ccc(OCCO)cc2)[C@H](/C=C/C(=O)NO)Oc2ccccc2)cc1. The molecule has 0 saturated heterocycles. The standard InChI is InChI=1S/C27H28N2O7/c1-19-7-11-21(12-8-19)28-27(32)36-26(20-9-13-22(14-10-20)34-18-17-30)24(15-16-25(31)29-33)35-23-5-3-2-4-6-23/h2-16,24,26,30,33H,17-18H2,1H3,(H,28,32)(H,29,31)/b16-15+/t24-,26-/m0/s1. The lowest BCUT2D eigenvalue weighted by Crippen LogP contribution is -2.30. The number of benzene rings is 3. The van der Waals surface area contributed by atoms with Gasteiger partial charge in [0.2, 0.25) is 0 Å². The molecule has 0 saturated carbocycles. The molecule has 9 nitrogen and oxygen atoms in total. The fourth-order valence-corrected chi connectivity index (χ4v) is 3.22. The van der Waals surface area contributed by atoms with Gasteiger partial charge in [-0.3, -0.25) is 15.3 Å². The smallest absolute Gasteiger partial charge is 0.412 e. The first-order chi connectivity index (χ1) is 17.5. The number of amides is 2. The van der Waals surface area contributed by atoms with Crippen LogP contribution in [-0.4, -0.2) is 41.6 Å². The van der Waals surface area contributed by atoms with Gasteiger partial charge in [0.05, 0.1) is 6.61 Å². The summed E-state index contributed by atoms with van der Waals surface area (Å²) < 4.78 is 17.3. The Morgan fingerprint density at radius 2 is 1.64 bits per heavy atom. The first-order valence-electron chi connectivity index (χ1n) is 11.2. The molecule has 0 aliphatic rings. The molecule has 0 aromatic heterocycles. The van der Waals surface area contributed by atoms with Crippen LogP contribution in [0.15, 0.2) is 91.0 Å². The van der Waals surface area contributed by atoms with Gasteiger partial charge >= 0.3 is 6.09 Å². The van der Waals surface area contributed by atoms with Crippen LogP contribution < -0.4 is 20.3 Å². The van der Waals surface area contributed by atoms with E-state index in [0.29, 0.717) is 22.7 Å². The number of aryl methyl sites for hydroxylation is 1. The van der Waals surface area contributed by atoms with Gasteiger partial charge in [-0.2, -0.15) is 0 Å². The van der Waals surface area contributed by atoms with E-state index in [1.807, 2.05) is 25.1 Å². The minimum absolute atomic E-state index is 0.128. The average Bonchev–Trinajstić information content (AvgIpc) is 2.90. The molecule has 0 spiro atoms. The maximum absolute atomic E-state index is 12.9. The Labute approximate surface area is 208 Å². The van der Waals surface area contributed by atoms with Crippen LogP contribution >= 0.6 is 0 Å². The van der Waals surface area contributed by atoms with Crippen LogP contribution in [0.5, 0.6) is 11.5 Å². The van der Waals surface area contributed by atoms with Gasteiger partial charge in [-0.15, -0.1) is 0 Å². The maximum atomic E-state index is 12.9. The van der Waals surface area contributed by atoms with Crippen molar-refractivity contribution in [3.05, 3.63) is 102 Å². The van der Waals surface area contributed by atoms with Crippen LogP contribution in [0.1, 0.15) is 17.2 Å². The molecule has 3 rings (SSSR count). The Morgan fingerprint density at radius 1 is 0.944 bits per heavy atom. The molecule has 0 heterocycles. The summed E-state index contributed by atoms with van der Waals surface area (Å²) >= 11 is 0. The van der Waals surface area contributed by atoms with E-state index in [-0.39, 0.29) is 13.2 Å². The molecular weight excluding hydrogens is 464 g/mol. The minimum atomic E-state index is -0.995. The summed E-state index contributed by atoms with van der Waals surface area (Å²) in [4.78, 5) is 24.6. The van der Waals surface area contributed by atoms with Crippen molar-refractivity contribution in [1.82, 2.24) is 5.48 Å². The van der Waals surface area contributed by atoms with E-state index in [1.165, 1.54) is 11.6 Å². The number of hydrogen-bond acceptors (Lipinski definition) is 7. The Morgan fingerprint density at radius 3 is 2.28 bits per heavy atom. The van der Waals surface area contributed by atoms with Crippen LogP contribution in [0, 0.1) is 6.92 Å². The minimum Gasteiger partial charge on any atom is -0.491 e. The molecule has 0 fully saturated rings. The zero-order chi connectivity index (χ0) is 25.8. The molecule has 0 aliphatic carbocycles. The molecule has 188 valence electrons. The fourth-order valence-electron chi connectivity index (χ4n) is 3.22. The van der Waals surface area contributed by atoms with Crippen molar-refractivity contribution in [3.63, 3.8) is 0 Å². The predicted octanol–water partition coefficient (Wildman–Crippen LogP) is 4.17. The maximum Gasteiger partial charge on any atom is 0.412 e. The second-order valence-corrected chi connectivity index (χ2v) is 7.69. The molecule has 2 amide bonds. The lowest BCUT2D eigenvalue weighted by atomic mass is 10.0. The summed E-state index contributed by atoms with van der Waals surface area (Å²) in [5.41, 5.74) is 3.68. The predicted molar refractivity (Wildman–Crippen MR) is 133 cm³/mol. The number of aliphatic hydroxyl groups is 1. The highest BCUT2D eigenvalue weighted by Gasteiger charge is 2.28. The molecule has 0 bridgehead atoms. The Balaban J connectivity index is 1.91. The summed E-state index contributed by atoms with van der Waals surface area (Å²) in [6.07, 6.45) is -0.201. The van der Waals surface area contributed by atoms with Gasteiger partial charge in [-0.05, 0) is 55.0 Å². The number of rotatable bonds is 11. The van der Waals surface area contributed by atoms with Crippen LogP contribution in [0.2, 0.25) is 0 Å². The van der Waals surface area contributed by atoms with Crippen molar-refractivity contribution in [2.75, 3.05) is 18.5 Å². The molecule has 0 radical (unpaired) electrons. The molecule has 0 unspecified atom stereocenters. The Hall–Kier alpha value is -4.34. The van der Waals surface area contributed by atoms with Gasteiger partial charge < -0.3 is 19.3 Å². The number of hydroxylamine groups is 1. The van der Waals surface area contributed by atoms with Crippen molar-refractivity contribution < 1.29 is 34.1 Å². The number of carbonyl (C=O) groups excluding carboxylic acids is 2. The molecule has 3 aromatic carbocycles. The highest BCUT2D eigenvalue weighted by atomic mass is 16.6. The third kappa shape index (κ3) is 8.15. The zero-order valence-electron chi connectivity index (χ0n) is 19.7. The Bertz CT molecular complexity index is 1130. The van der Waals surface area contributed by atoms with Gasteiger partial charge in [-0.1, -0.05) is 48.0 Å². The largest absolute Gasteiger partial charge is 0.491 e. The van der Waals surface area contributed by atoms with Crippen LogP contribution in [-0.2, 0) is 9.53 Å². The van der Waals surface area contributed by atoms with Crippen molar-refractivity contribution in [3.8, 4) is 11.5 Å². The Kier molecular flexibility index (Phi) is 9.87. The summed E-state index contributed by atoms with van der Waals surface area (Å²) in [6, 6.07) is 22.8. The van der Waals surface area contributed by atoms with E-state index >= 15 is 0 Å². The van der Waals surface area contributed by atoms with E-state index < -0.39 is 24.2 Å². The zero-order valence-corrected chi connectivity index (χ0v) is 19.7. The van der Waals surface area contributed by atoms with Gasteiger partial charge in [0.1, 0.15) is 18.1 Å². The van der Waals surface area contributed by atoms with Gasteiger partial charge in [0.15, 0.2) is 12.2 Å². The van der Waals surface area contributed by atoms with Crippen LogP contribution in [0.3, 0.4) is 0 Å².